The molecule has 0 spiro atoms. The highest BCUT2D eigenvalue weighted by Gasteiger charge is 2.34. The molecule has 2 heterocycles. The molecule has 0 radical (unpaired) electrons. The molecule has 5 heteroatoms. The van der Waals surface area contributed by atoms with Crippen LogP contribution in [0.4, 0.5) is 0 Å². The molecule has 2 aliphatic rings. The van der Waals surface area contributed by atoms with Crippen LogP contribution in [0.15, 0.2) is 0 Å². The first-order valence-corrected chi connectivity index (χ1v) is 6.19. The monoisotopic (exact) mass is 232 g/mol. The summed E-state index contributed by atoms with van der Waals surface area (Å²) >= 11 is 1.37. The van der Waals surface area contributed by atoms with E-state index in [1.165, 1.54) is 12.0 Å². The number of carbonyl (C=O) groups is 1. The van der Waals surface area contributed by atoms with Crippen LogP contribution < -0.4 is 0 Å². The average Bonchev–Trinajstić information content (AvgIpc) is 2.23. The Kier molecular flexibility index (Phi) is 3.88. The third-order valence-electron chi connectivity index (χ3n) is 2.63. The van der Waals surface area contributed by atoms with Gasteiger partial charge in [-0.3, -0.25) is 8.98 Å². The van der Waals surface area contributed by atoms with Crippen LogP contribution in [0, 0.1) is 0 Å². The lowest BCUT2D eigenvalue weighted by Gasteiger charge is -2.31. The Hall–Kier alpha value is -0.260. The van der Waals surface area contributed by atoms with Crippen LogP contribution in [0.2, 0.25) is 0 Å². The van der Waals surface area contributed by atoms with E-state index in [-0.39, 0.29) is 23.6 Å². The zero-order chi connectivity index (χ0) is 10.7. The quantitative estimate of drug-likeness (QED) is 0.547. The number of carbonyl (C=O) groups excluding carboxylic acids is 1. The van der Waals surface area contributed by atoms with E-state index in [1.54, 1.807) is 0 Å². The Morgan fingerprint density at radius 3 is 2.93 bits per heavy atom. The van der Waals surface area contributed by atoms with Crippen molar-refractivity contribution in [2.24, 2.45) is 0 Å². The minimum Gasteiger partial charge on any atom is -0.460 e. The second kappa shape index (κ2) is 5.18. The summed E-state index contributed by atoms with van der Waals surface area (Å²) in [4.78, 5) is 10.6. The van der Waals surface area contributed by atoms with Gasteiger partial charge in [-0.05, 0) is 26.2 Å². The van der Waals surface area contributed by atoms with Crippen LogP contribution in [0.5, 0.6) is 0 Å². The zero-order valence-electron chi connectivity index (χ0n) is 8.81. The summed E-state index contributed by atoms with van der Waals surface area (Å²) in [6, 6.07) is 0. The maximum Gasteiger partial charge on any atom is 0.309 e. The minimum atomic E-state index is -0.110. The van der Waals surface area contributed by atoms with Gasteiger partial charge in [-0.25, -0.2) is 0 Å². The Balaban J connectivity index is 1.62. The molecule has 0 aliphatic carbocycles. The van der Waals surface area contributed by atoms with Gasteiger partial charge < -0.3 is 9.47 Å². The molecule has 3 unspecified atom stereocenters. The molecule has 0 bridgehead atoms. The first-order chi connectivity index (χ1) is 7.25. The van der Waals surface area contributed by atoms with Crippen molar-refractivity contribution in [3.63, 3.8) is 0 Å². The molecular weight excluding hydrogens is 216 g/mol. The van der Waals surface area contributed by atoms with Gasteiger partial charge in [0.2, 0.25) is 0 Å². The average molecular weight is 232 g/mol. The highest BCUT2D eigenvalue weighted by atomic mass is 32.2. The molecule has 0 amide bonds. The summed E-state index contributed by atoms with van der Waals surface area (Å²) < 4.78 is 15.9. The lowest BCUT2D eigenvalue weighted by Crippen LogP contribution is -2.39. The highest BCUT2D eigenvalue weighted by Crippen LogP contribution is 2.29. The number of hydrogen-bond donors (Lipinski definition) is 0. The van der Waals surface area contributed by atoms with Gasteiger partial charge in [-0.2, -0.15) is 0 Å². The molecule has 0 saturated carbocycles. The van der Waals surface area contributed by atoms with Crippen LogP contribution in [0.3, 0.4) is 0 Å². The van der Waals surface area contributed by atoms with Crippen molar-refractivity contribution in [1.29, 1.82) is 0 Å². The van der Waals surface area contributed by atoms with Crippen LogP contribution in [0.1, 0.15) is 32.6 Å². The van der Waals surface area contributed by atoms with E-state index < -0.39 is 0 Å². The molecule has 2 saturated heterocycles. The third-order valence-corrected chi connectivity index (χ3v) is 3.56. The van der Waals surface area contributed by atoms with E-state index in [2.05, 4.69) is 0 Å². The minimum absolute atomic E-state index is 0.0195. The van der Waals surface area contributed by atoms with Crippen molar-refractivity contribution >= 4 is 18.0 Å². The van der Waals surface area contributed by atoms with Crippen molar-refractivity contribution in [3.8, 4) is 0 Å². The van der Waals surface area contributed by atoms with E-state index in [0.717, 1.165) is 25.9 Å². The number of ether oxygens (including phenoxy) is 2. The summed E-state index contributed by atoms with van der Waals surface area (Å²) in [5, 5.41) is 0.188. The van der Waals surface area contributed by atoms with Gasteiger partial charge >= 0.3 is 5.97 Å². The SMILES string of the molecule is CC(SOC1CCCCO1)C1CC(=O)O1. The maximum absolute atomic E-state index is 10.6. The second-order valence-corrected chi connectivity index (χ2v) is 5.05. The lowest BCUT2D eigenvalue weighted by atomic mass is 10.1. The molecule has 2 fully saturated rings. The molecule has 4 nitrogen and oxygen atoms in total. The standard InChI is InChI=1S/C10H16O4S/c1-7(8-6-9(11)13-8)15-14-10-4-2-3-5-12-10/h7-8,10H,2-6H2,1H3. The molecular formula is C10H16O4S. The fraction of sp³-hybridized carbons (Fsp3) is 0.900. The summed E-state index contributed by atoms with van der Waals surface area (Å²) in [6.45, 7) is 2.79. The normalized spacial score (nSPS) is 33.0. The molecule has 15 heavy (non-hydrogen) atoms. The van der Waals surface area contributed by atoms with Crippen molar-refractivity contribution < 1.29 is 18.5 Å². The molecule has 3 atom stereocenters. The second-order valence-electron chi connectivity index (χ2n) is 3.93. The first-order valence-electron chi connectivity index (χ1n) is 5.39. The van der Waals surface area contributed by atoms with Crippen LogP contribution in [-0.4, -0.2) is 30.2 Å². The maximum atomic E-state index is 10.6. The summed E-state index contributed by atoms with van der Waals surface area (Å²) in [6.07, 6.45) is 3.71. The van der Waals surface area contributed by atoms with Gasteiger partial charge in [0.05, 0.1) is 11.7 Å². The van der Waals surface area contributed by atoms with Crippen molar-refractivity contribution in [2.45, 2.75) is 50.3 Å². The largest absolute Gasteiger partial charge is 0.460 e. The molecule has 2 aliphatic heterocycles. The van der Waals surface area contributed by atoms with E-state index >= 15 is 0 Å². The topological polar surface area (TPSA) is 44.8 Å². The molecule has 0 N–H and O–H groups in total. The number of hydrogen-bond acceptors (Lipinski definition) is 5. The predicted octanol–water partition coefficient (Wildman–Crippen LogP) is 1.88. The highest BCUT2D eigenvalue weighted by molar-refractivity contribution is 7.95. The first kappa shape index (κ1) is 11.2. The number of rotatable bonds is 4. The Labute approximate surface area is 93.8 Å². The van der Waals surface area contributed by atoms with Crippen molar-refractivity contribution in [3.05, 3.63) is 0 Å². The number of esters is 1. The van der Waals surface area contributed by atoms with Crippen LogP contribution in [0.25, 0.3) is 0 Å². The zero-order valence-corrected chi connectivity index (χ0v) is 9.63. The van der Waals surface area contributed by atoms with Gasteiger partial charge in [-0.1, -0.05) is 0 Å². The Morgan fingerprint density at radius 1 is 1.53 bits per heavy atom. The smallest absolute Gasteiger partial charge is 0.309 e. The summed E-state index contributed by atoms with van der Waals surface area (Å²) in [5.41, 5.74) is 0. The molecule has 2 rings (SSSR count). The molecule has 86 valence electrons. The van der Waals surface area contributed by atoms with Gasteiger partial charge in [0, 0.05) is 18.6 Å². The molecule has 0 aromatic heterocycles. The summed E-state index contributed by atoms with van der Waals surface area (Å²) in [7, 11) is 0. The lowest BCUT2D eigenvalue weighted by molar-refractivity contribution is -0.169. The molecule has 0 aromatic rings. The van der Waals surface area contributed by atoms with Gasteiger partial charge in [0.15, 0.2) is 6.29 Å². The summed E-state index contributed by atoms with van der Waals surface area (Å²) in [5.74, 6) is -0.110. The van der Waals surface area contributed by atoms with E-state index in [0.29, 0.717) is 6.42 Å². The number of cyclic esters (lactones) is 1. The van der Waals surface area contributed by atoms with E-state index in [4.69, 9.17) is 13.7 Å². The predicted molar refractivity (Wildman–Crippen MR) is 56.2 cm³/mol. The van der Waals surface area contributed by atoms with Gasteiger partial charge in [-0.15, -0.1) is 0 Å². The fourth-order valence-corrected chi connectivity index (χ4v) is 2.31. The fourth-order valence-electron chi connectivity index (χ4n) is 1.58. The van der Waals surface area contributed by atoms with E-state index in [1.807, 2.05) is 6.92 Å². The molecule has 0 aromatic carbocycles. The van der Waals surface area contributed by atoms with E-state index in [9.17, 15) is 4.79 Å². The van der Waals surface area contributed by atoms with Gasteiger partial charge in [0.1, 0.15) is 6.10 Å². The Bertz CT molecular complexity index is 219. The van der Waals surface area contributed by atoms with Crippen LogP contribution >= 0.6 is 12.0 Å². The van der Waals surface area contributed by atoms with Crippen LogP contribution in [-0.2, 0) is 18.5 Å². The third kappa shape index (κ3) is 3.09. The van der Waals surface area contributed by atoms with Crippen molar-refractivity contribution in [1.82, 2.24) is 0 Å². The Morgan fingerprint density at radius 2 is 2.33 bits per heavy atom. The van der Waals surface area contributed by atoms with Gasteiger partial charge in [0.25, 0.3) is 0 Å². The van der Waals surface area contributed by atoms with Crippen molar-refractivity contribution in [2.75, 3.05) is 6.61 Å².